The average Bonchev–Trinajstić information content (AvgIpc) is 0.700. The van der Waals surface area contributed by atoms with Crippen LogP contribution in [0.1, 0.15) is 113 Å². The number of hydrogen-bond donors (Lipinski definition) is 15. The molecule has 5 aliphatic carbocycles. The van der Waals surface area contributed by atoms with Crippen LogP contribution >= 0.6 is 0 Å². The number of aliphatic hydroxyl groups is 15. The SMILES string of the molecule is C[C@H]1[C@H](C)CC[C@]2(C(=O)O[C@@H]3O[C@H](CO[C@@H]4O[C@H](CO)[C@@H](O[C@@H]5O[C@@H](C)[C@H](O)[C@@H](O)[C@H]5O)[C@H](O)[C@H]4O)[C@@H](O)[C@H](O)[C@H]3O)CC[C@]3(C)C(=CC[C@@H]4[C@@]5(C)CC[C@H](O[C@@H]6OC[C@H](O)[C@H](O)[C@H]6O[C@@H]6O[C@H](CO)[C@H](O)[C@H](O)[C@H]6O)C(C)(C)[C@@H]5CC[C@]43C)[C@H]12. The minimum atomic E-state index is -1.89. The molecule has 0 radical (unpaired) electrons. The van der Waals surface area contributed by atoms with E-state index in [1.807, 2.05) is 0 Å². The molecule has 34 atom stereocenters. The molecule has 85 heavy (non-hydrogen) atoms. The molecule has 5 aliphatic heterocycles. The van der Waals surface area contributed by atoms with Crippen LogP contribution in [0.3, 0.4) is 0 Å². The first kappa shape index (κ1) is 66.2. The van der Waals surface area contributed by atoms with Crippen LogP contribution in [0, 0.1) is 56.7 Å². The van der Waals surface area contributed by atoms with Gasteiger partial charge < -0.3 is 124 Å². The zero-order chi connectivity index (χ0) is 61.9. The Hall–Kier alpha value is -1.75. The number of rotatable bonds is 13. The predicted octanol–water partition coefficient (Wildman–Crippen LogP) is -2.69. The predicted molar refractivity (Wildman–Crippen MR) is 288 cm³/mol. The van der Waals surface area contributed by atoms with Gasteiger partial charge in [-0.3, -0.25) is 4.79 Å². The van der Waals surface area contributed by atoms with Crippen LogP contribution in [0.2, 0.25) is 0 Å². The number of carbonyl (C=O) groups excluding carboxylic acids is 1. The highest BCUT2D eigenvalue weighted by molar-refractivity contribution is 5.79. The van der Waals surface area contributed by atoms with E-state index in [0.717, 1.165) is 32.1 Å². The summed E-state index contributed by atoms with van der Waals surface area (Å²) in [6.45, 7) is 15.0. The monoisotopic (exact) mass is 1220 g/mol. The summed E-state index contributed by atoms with van der Waals surface area (Å²) >= 11 is 0. The van der Waals surface area contributed by atoms with Gasteiger partial charge in [-0.2, -0.15) is 0 Å². The number of ether oxygens (including phenoxy) is 10. The van der Waals surface area contributed by atoms with Gasteiger partial charge in [-0.05, 0) is 116 Å². The number of allylic oxidation sites excluding steroid dienone is 2. The molecule has 0 aromatic carbocycles. The molecule has 10 aliphatic rings. The Morgan fingerprint density at radius 2 is 1.14 bits per heavy atom. The van der Waals surface area contributed by atoms with Gasteiger partial charge in [0, 0.05) is 0 Å². The Morgan fingerprint density at radius 3 is 1.81 bits per heavy atom. The van der Waals surface area contributed by atoms with Crippen molar-refractivity contribution >= 4 is 5.97 Å². The molecule has 15 N–H and O–H groups in total. The Balaban J connectivity index is 0.826. The van der Waals surface area contributed by atoms with E-state index in [9.17, 15) is 76.6 Å². The Morgan fingerprint density at radius 1 is 0.553 bits per heavy atom. The number of hydrogen-bond acceptors (Lipinski definition) is 26. The quantitative estimate of drug-likeness (QED) is 0.0507. The maximum absolute atomic E-state index is 15.3. The van der Waals surface area contributed by atoms with Crippen molar-refractivity contribution in [3.8, 4) is 0 Å². The van der Waals surface area contributed by atoms with E-state index in [1.165, 1.54) is 12.5 Å². The third-order valence-electron chi connectivity index (χ3n) is 23.4. The summed E-state index contributed by atoms with van der Waals surface area (Å²) in [5.74, 6) is -0.254. The second kappa shape index (κ2) is 24.7. The summed E-state index contributed by atoms with van der Waals surface area (Å²) in [7, 11) is 0. The molecule has 0 aromatic rings. The van der Waals surface area contributed by atoms with Gasteiger partial charge in [-0.25, -0.2) is 0 Å². The van der Waals surface area contributed by atoms with Gasteiger partial charge in [-0.15, -0.1) is 0 Å². The Kier molecular flexibility index (Phi) is 19.2. The van der Waals surface area contributed by atoms with E-state index in [0.29, 0.717) is 25.7 Å². The molecule has 0 aromatic heterocycles. The summed E-state index contributed by atoms with van der Waals surface area (Å²) < 4.78 is 59.5. The second-order valence-electron chi connectivity index (χ2n) is 28.1. The lowest BCUT2D eigenvalue weighted by Gasteiger charge is -2.71. The fraction of sp³-hybridized carbons (Fsp3) is 0.949. The Labute approximate surface area is 494 Å². The van der Waals surface area contributed by atoms with Crippen LogP contribution in [0.25, 0.3) is 0 Å². The first-order chi connectivity index (χ1) is 39.9. The van der Waals surface area contributed by atoms with Crippen molar-refractivity contribution in [2.24, 2.45) is 56.7 Å². The fourth-order valence-electron chi connectivity index (χ4n) is 17.8. The molecule has 5 heterocycles. The maximum atomic E-state index is 15.3. The minimum Gasteiger partial charge on any atom is -0.432 e. The van der Waals surface area contributed by atoms with Crippen LogP contribution in [0.5, 0.6) is 0 Å². The first-order valence-electron chi connectivity index (χ1n) is 30.7. The fourth-order valence-corrected chi connectivity index (χ4v) is 17.8. The Bertz CT molecular complexity index is 2350. The highest BCUT2D eigenvalue weighted by Crippen LogP contribution is 2.76. The van der Waals surface area contributed by atoms with Crippen LogP contribution in [0.15, 0.2) is 11.6 Å². The third kappa shape index (κ3) is 11.0. The van der Waals surface area contributed by atoms with E-state index in [4.69, 9.17) is 47.4 Å². The lowest BCUT2D eigenvalue weighted by molar-refractivity contribution is -0.367. The third-order valence-corrected chi connectivity index (χ3v) is 23.4. The molecular weight excluding hydrogens is 1120 g/mol. The van der Waals surface area contributed by atoms with E-state index >= 15 is 4.79 Å². The highest BCUT2D eigenvalue weighted by atomic mass is 16.8. The van der Waals surface area contributed by atoms with Crippen LogP contribution < -0.4 is 0 Å². The van der Waals surface area contributed by atoms with Gasteiger partial charge in [0.15, 0.2) is 25.2 Å². The zero-order valence-corrected chi connectivity index (χ0v) is 49.8. The smallest absolute Gasteiger partial charge is 0.315 e. The average molecular weight is 1220 g/mol. The van der Waals surface area contributed by atoms with Gasteiger partial charge in [0.05, 0.1) is 44.1 Å². The lowest BCUT2D eigenvalue weighted by atomic mass is 9.33. The molecule has 10 rings (SSSR count). The van der Waals surface area contributed by atoms with Crippen molar-refractivity contribution in [1.82, 2.24) is 0 Å². The van der Waals surface area contributed by atoms with E-state index in [-0.39, 0.29) is 52.4 Å². The van der Waals surface area contributed by atoms with Gasteiger partial charge in [-0.1, -0.05) is 60.1 Å². The largest absolute Gasteiger partial charge is 0.432 e. The summed E-state index contributed by atoms with van der Waals surface area (Å²) in [5, 5.41) is 161. The highest BCUT2D eigenvalue weighted by Gasteiger charge is 2.71. The normalized spacial score (nSPS) is 55.3. The minimum absolute atomic E-state index is 0.0278. The van der Waals surface area contributed by atoms with Gasteiger partial charge in [0.2, 0.25) is 6.29 Å². The van der Waals surface area contributed by atoms with Gasteiger partial charge in [0.25, 0.3) is 0 Å². The van der Waals surface area contributed by atoms with E-state index in [1.54, 1.807) is 0 Å². The molecule has 26 nitrogen and oxygen atoms in total. The van der Waals surface area contributed by atoms with Crippen molar-refractivity contribution < 1.29 is 129 Å². The van der Waals surface area contributed by atoms with Crippen molar-refractivity contribution in [1.29, 1.82) is 0 Å². The lowest BCUT2D eigenvalue weighted by Crippen LogP contribution is -2.66. The molecule has 0 amide bonds. The van der Waals surface area contributed by atoms with E-state index < -0.39 is 190 Å². The van der Waals surface area contributed by atoms with Crippen molar-refractivity contribution in [2.45, 2.75) is 267 Å². The zero-order valence-electron chi connectivity index (χ0n) is 49.8. The van der Waals surface area contributed by atoms with E-state index in [2.05, 4.69) is 54.5 Å². The number of fused-ring (bicyclic) bond motifs is 7. The molecule has 26 heteroatoms. The summed E-state index contributed by atoms with van der Waals surface area (Å²) in [6, 6.07) is 0. The van der Waals surface area contributed by atoms with Crippen molar-refractivity contribution in [2.75, 3.05) is 26.4 Å². The van der Waals surface area contributed by atoms with Gasteiger partial charge >= 0.3 is 5.97 Å². The second-order valence-corrected chi connectivity index (χ2v) is 28.1. The van der Waals surface area contributed by atoms with Crippen LogP contribution in [-0.2, 0) is 52.2 Å². The van der Waals surface area contributed by atoms with Crippen molar-refractivity contribution in [3.63, 3.8) is 0 Å². The molecule has 0 spiro atoms. The maximum Gasteiger partial charge on any atom is 0.315 e. The summed E-state index contributed by atoms with van der Waals surface area (Å²) in [5.41, 5.74) is -1.09. The first-order valence-corrected chi connectivity index (χ1v) is 30.7. The van der Waals surface area contributed by atoms with Crippen LogP contribution in [-0.4, -0.2) is 263 Å². The molecule has 0 bridgehead atoms. The topological polar surface area (TPSA) is 413 Å². The molecule has 5 saturated heterocycles. The molecule has 0 unspecified atom stereocenters. The standard InChI is InChI=1S/C59H96O26/c1-23-11-16-59(54(75)85-52-45(73)41(69)38(66)30(81-52)22-77-49-46(74)42(70)47(29(20-61)80-49)83-50-43(71)39(67)35(63)25(3)78-50)18-17-57(7)26(34(59)24(23)2)9-10-32-56(6)14-13-33(55(4,5)31(56)12-15-58(32,57)8)82-53-48(36(64)27(62)21-76-53)84-51-44(72)40(68)37(65)28(19-60)79-51/h9,23-25,27-53,60-74H,10-22H2,1-8H3/t23-,24+,25+,27+,28-,29-,30-,31+,32-,33+,34+,35+,36+,37+,38-,39-,40+,41+,42-,43-,44-,45-,46-,47-,48-,49-,50+,51+,52+,53+,56+,57-,58-,59+/m1/s1. The van der Waals surface area contributed by atoms with Gasteiger partial charge in [0.1, 0.15) is 110 Å². The number of carbonyl (C=O) groups is 1. The number of aliphatic hydroxyl groups excluding tert-OH is 15. The molecular formula is C59H96O26. The molecule has 488 valence electrons. The summed E-state index contributed by atoms with van der Waals surface area (Å²) in [4.78, 5) is 15.3. The number of esters is 1. The van der Waals surface area contributed by atoms with Crippen molar-refractivity contribution in [3.05, 3.63) is 11.6 Å². The molecule has 4 saturated carbocycles. The van der Waals surface area contributed by atoms with Crippen LogP contribution in [0.4, 0.5) is 0 Å². The molecule has 9 fully saturated rings. The summed E-state index contributed by atoms with van der Waals surface area (Å²) in [6.07, 6.45) is -30.1.